The number of benzene rings is 1. The maximum atomic E-state index is 13.2. The molecule has 0 aliphatic heterocycles. The summed E-state index contributed by atoms with van der Waals surface area (Å²) in [7, 11) is 0. The molecule has 1 aromatic carbocycles. The van der Waals surface area contributed by atoms with E-state index in [0.29, 0.717) is 22.4 Å². The van der Waals surface area contributed by atoms with E-state index in [4.69, 9.17) is 4.42 Å². The molecule has 0 spiro atoms. The summed E-state index contributed by atoms with van der Waals surface area (Å²) in [4.78, 5) is 14.3. The fourth-order valence-electron chi connectivity index (χ4n) is 1.99. The summed E-state index contributed by atoms with van der Waals surface area (Å²) in [5.41, 5.74) is 0.910. The smallest absolute Gasteiger partial charge is 0.338 e. The second-order valence-corrected chi connectivity index (χ2v) is 3.85. The maximum absolute atomic E-state index is 13.2. The van der Waals surface area contributed by atoms with Crippen LogP contribution >= 0.6 is 0 Å². The average molecular weight is 245 g/mol. The van der Waals surface area contributed by atoms with Crippen molar-refractivity contribution in [3.63, 3.8) is 0 Å². The highest BCUT2D eigenvalue weighted by atomic mass is 19.1. The third kappa shape index (κ3) is 1.48. The lowest BCUT2D eigenvalue weighted by atomic mass is 10.1. The van der Waals surface area contributed by atoms with Gasteiger partial charge in [-0.05, 0) is 30.3 Å². The Kier molecular flexibility index (Phi) is 2.19. The van der Waals surface area contributed by atoms with Crippen LogP contribution in [0.1, 0.15) is 10.4 Å². The molecule has 0 atom stereocenters. The van der Waals surface area contributed by atoms with Crippen molar-refractivity contribution < 1.29 is 18.7 Å². The first-order valence-electron chi connectivity index (χ1n) is 5.25. The summed E-state index contributed by atoms with van der Waals surface area (Å²) in [5.74, 6) is -1.20. The van der Waals surface area contributed by atoms with Gasteiger partial charge >= 0.3 is 5.97 Å². The van der Waals surface area contributed by atoms with Crippen LogP contribution in [0.4, 0.5) is 4.39 Å². The SMILES string of the molecule is O=C(O)c1c(-c2ccco2)[nH]c2ccc(F)cc12. The van der Waals surface area contributed by atoms with E-state index in [0.717, 1.165) is 0 Å². The Morgan fingerprint density at radius 3 is 2.83 bits per heavy atom. The molecule has 2 N–H and O–H groups in total. The number of hydrogen-bond acceptors (Lipinski definition) is 2. The molecule has 0 amide bonds. The molecular formula is C13H8FNO3. The van der Waals surface area contributed by atoms with E-state index < -0.39 is 11.8 Å². The van der Waals surface area contributed by atoms with E-state index in [1.165, 1.54) is 24.5 Å². The zero-order chi connectivity index (χ0) is 12.7. The van der Waals surface area contributed by atoms with E-state index >= 15 is 0 Å². The molecule has 3 aromatic rings. The van der Waals surface area contributed by atoms with Crippen LogP contribution in [-0.2, 0) is 0 Å². The lowest BCUT2D eigenvalue weighted by Crippen LogP contribution is -1.97. The van der Waals surface area contributed by atoms with Crippen LogP contribution in [0.5, 0.6) is 0 Å². The predicted molar refractivity (Wildman–Crippen MR) is 62.9 cm³/mol. The number of aromatic nitrogens is 1. The van der Waals surface area contributed by atoms with Gasteiger partial charge in [-0.2, -0.15) is 0 Å². The number of halogens is 1. The van der Waals surface area contributed by atoms with E-state index in [2.05, 4.69) is 4.98 Å². The third-order valence-corrected chi connectivity index (χ3v) is 2.74. The van der Waals surface area contributed by atoms with Crippen LogP contribution in [0.2, 0.25) is 0 Å². The number of rotatable bonds is 2. The van der Waals surface area contributed by atoms with Crippen molar-refractivity contribution in [2.45, 2.75) is 0 Å². The number of aromatic carboxylic acids is 1. The standard InChI is InChI=1S/C13H8FNO3/c14-7-3-4-9-8(6-7)11(13(16)17)12(15-9)10-2-1-5-18-10/h1-6,15H,(H,16,17). The molecule has 0 saturated carbocycles. The molecule has 90 valence electrons. The molecule has 0 saturated heterocycles. The molecule has 0 unspecified atom stereocenters. The highest BCUT2D eigenvalue weighted by Crippen LogP contribution is 2.31. The Morgan fingerprint density at radius 2 is 2.17 bits per heavy atom. The van der Waals surface area contributed by atoms with Crippen LogP contribution in [-0.4, -0.2) is 16.1 Å². The summed E-state index contributed by atoms with van der Waals surface area (Å²) in [6.45, 7) is 0. The first-order chi connectivity index (χ1) is 8.66. The quantitative estimate of drug-likeness (QED) is 0.728. The number of carboxylic acid groups (broad SMARTS) is 1. The first kappa shape index (κ1) is 10.6. The molecule has 18 heavy (non-hydrogen) atoms. The summed E-state index contributed by atoms with van der Waals surface area (Å²) in [5, 5.41) is 9.59. The number of furan rings is 1. The van der Waals surface area contributed by atoms with Crippen molar-refractivity contribution in [3.05, 3.63) is 48.0 Å². The van der Waals surface area contributed by atoms with Gasteiger partial charge < -0.3 is 14.5 Å². The summed E-state index contributed by atoms with van der Waals surface area (Å²) in [6.07, 6.45) is 1.45. The summed E-state index contributed by atoms with van der Waals surface area (Å²) < 4.78 is 18.4. The minimum Gasteiger partial charge on any atom is -0.478 e. The summed E-state index contributed by atoms with van der Waals surface area (Å²) in [6, 6.07) is 7.28. The zero-order valence-corrected chi connectivity index (χ0v) is 9.11. The monoisotopic (exact) mass is 245 g/mol. The molecule has 0 aliphatic rings. The Labute approximate surface area is 101 Å². The zero-order valence-electron chi connectivity index (χ0n) is 9.11. The lowest BCUT2D eigenvalue weighted by molar-refractivity contribution is 0.0699. The molecular weight excluding hydrogens is 237 g/mol. The largest absolute Gasteiger partial charge is 0.478 e. The number of fused-ring (bicyclic) bond motifs is 1. The lowest BCUT2D eigenvalue weighted by Gasteiger charge is -1.96. The number of carboxylic acids is 1. The van der Waals surface area contributed by atoms with Gasteiger partial charge in [0.2, 0.25) is 0 Å². The van der Waals surface area contributed by atoms with E-state index in [-0.39, 0.29) is 5.56 Å². The van der Waals surface area contributed by atoms with Crippen LogP contribution in [0.15, 0.2) is 41.0 Å². The fraction of sp³-hybridized carbons (Fsp3) is 0. The molecule has 0 radical (unpaired) electrons. The van der Waals surface area contributed by atoms with Gasteiger partial charge in [-0.3, -0.25) is 0 Å². The highest BCUT2D eigenvalue weighted by molar-refractivity contribution is 6.08. The van der Waals surface area contributed by atoms with Gasteiger partial charge in [0.1, 0.15) is 5.82 Å². The van der Waals surface area contributed by atoms with E-state index in [9.17, 15) is 14.3 Å². The molecule has 3 rings (SSSR count). The van der Waals surface area contributed by atoms with Crippen molar-refractivity contribution in [3.8, 4) is 11.5 Å². The Morgan fingerprint density at radius 1 is 1.33 bits per heavy atom. The number of H-pyrrole nitrogens is 1. The van der Waals surface area contributed by atoms with Crippen molar-refractivity contribution >= 4 is 16.9 Å². The van der Waals surface area contributed by atoms with Crippen LogP contribution in [0.25, 0.3) is 22.4 Å². The third-order valence-electron chi connectivity index (χ3n) is 2.74. The Hall–Kier alpha value is -2.56. The highest BCUT2D eigenvalue weighted by Gasteiger charge is 2.20. The normalized spacial score (nSPS) is 10.9. The number of hydrogen-bond donors (Lipinski definition) is 2. The van der Waals surface area contributed by atoms with E-state index in [1.54, 1.807) is 12.1 Å². The minimum absolute atomic E-state index is 0.0134. The van der Waals surface area contributed by atoms with Crippen molar-refractivity contribution in [2.24, 2.45) is 0 Å². The maximum Gasteiger partial charge on any atom is 0.338 e. The van der Waals surface area contributed by atoms with Gasteiger partial charge in [0, 0.05) is 10.9 Å². The van der Waals surface area contributed by atoms with Crippen molar-refractivity contribution in [1.29, 1.82) is 0 Å². The second kappa shape index (κ2) is 3.73. The number of carbonyl (C=O) groups is 1. The van der Waals surface area contributed by atoms with Crippen LogP contribution in [0, 0.1) is 5.82 Å². The molecule has 0 bridgehead atoms. The average Bonchev–Trinajstić information content (AvgIpc) is 2.94. The topological polar surface area (TPSA) is 66.2 Å². The first-order valence-corrected chi connectivity index (χ1v) is 5.25. The van der Waals surface area contributed by atoms with Crippen LogP contribution in [0.3, 0.4) is 0 Å². The van der Waals surface area contributed by atoms with Crippen LogP contribution < -0.4 is 0 Å². The molecule has 5 heteroatoms. The van der Waals surface area contributed by atoms with Crippen molar-refractivity contribution in [1.82, 2.24) is 4.98 Å². The molecule has 0 aliphatic carbocycles. The van der Waals surface area contributed by atoms with Gasteiger partial charge in [0.05, 0.1) is 17.5 Å². The van der Waals surface area contributed by atoms with Gasteiger partial charge in [-0.1, -0.05) is 0 Å². The molecule has 2 aromatic heterocycles. The predicted octanol–water partition coefficient (Wildman–Crippen LogP) is 3.27. The fourth-order valence-corrected chi connectivity index (χ4v) is 1.99. The number of aromatic amines is 1. The van der Waals surface area contributed by atoms with Crippen molar-refractivity contribution in [2.75, 3.05) is 0 Å². The van der Waals surface area contributed by atoms with Gasteiger partial charge in [0.15, 0.2) is 5.76 Å². The Balaban J connectivity index is 2.38. The second-order valence-electron chi connectivity index (χ2n) is 3.85. The Bertz CT molecular complexity index is 728. The summed E-state index contributed by atoms with van der Waals surface area (Å²) >= 11 is 0. The molecule has 4 nitrogen and oxygen atoms in total. The van der Waals surface area contributed by atoms with Gasteiger partial charge in [-0.25, -0.2) is 9.18 Å². The number of nitrogens with one attached hydrogen (secondary N) is 1. The van der Waals surface area contributed by atoms with Gasteiger partial charge in [0.25, 0.3) is 0 Å². The minimum atomic E-state index is -1.13. The molecule has 0 fully saturated rings. The van der Waals surface area contributed by atoms with Gasteiger partial charge in [-0.15, -0.1) is 0 Å². The van der Waals surface area contributed by atoms with E-state index in [1.807, 2.05) is 0 Å². The molecule has 2 heterocycles.